The molecule has 2 aromatic rings. The molecule has 0 aliphatic carbocycles. The molecule has 0 saturated carbocycles. The molecule has 28 heavy (non-hydrogen) atoms. The number of hydrogen-bond acceptors (Lipinski definition) is 4. The largest absolute Gasteiger partial charge is 0.493 e. The number of amides is 1. The number of nitrogens with zero attached hydrogens (tertiary/aromatic N) is 1. The summed E-state index contributed by atoms with van der Waals surface area (Å²) in [7, 11) is 1.73. The number of ether oxygens (including phenoxy) is 1. The molecule has 0 aliphatic rings. The van der Waals surface area contributed by atoms with Crippen LogP contribution in [0.5, 0.6) is 5.75 Å². The number of aliphatic hydroxyl groups is 1. The van der Waals surface area contributed by atoms with Crippen LogP contribution >= 0.6 is 0 Å². The average molecular weight is 384 g/mol. The molecule has 0 fully saturated rings. The van der Waals surface area contributed by atoms with Crippen LogP contribution in [0.15, 0.2) is 59.9 Å². The zero-order chi connectivity index (χ0) is 20.5. The summed E-state index contributed by atoms with van der Waals surface area (Å²) in [5, 5.41) is 10.4. The van der Waals surface area contributed by atoms with Crippen LogP contribution in [0.25, 0.3) is 10.9 Å². The van der Waals surface area contributed by atoms with Crippen LogP contribution in [0, 0.1) is 11.8 Å². The van der Waals surface area contributed by atoms with E-state index in [1.807, 2.05) is 43.3 Å². The molecule has 2 N–H and O–H groups in total. The van der Waals surface area contributed by atoms with E-state index in [-0.39, 0.29) is 24.0 Å². The third kappa shape index (κ3) is 5.33. The molecular weight excluding hydrogens is 356 g/mol. The number of nitrogens with one attached hydrogen (secondary N) is 1. The van der Waals surface area contributed by atoms with Crippen molar-refractivity contribution in [3.63, 3.8) is 0 Å². The predicted octanol–water partition coefficient (Wildman–Crippen LogP) is 2.74. The maximum absolute atomic E-state index is 12.7. The second-order valence-corrected chi connectivity index (χ2v) is 6.64. The first-order valence-corrected chi connectivity index (χ1v) is 9.37. The van der Waals surface area contributed by atoms with Crippen molar-refractivity contribution in [3.05, 3.63) is 65.5 Å². The molecule has 0 saturated heterocycles. The lowest BCUT2D eigenvalue weighted by atomic mass is 9.91. The van der Waals surface area contributed by atoms with E-state index in [2.05, 4.69) is 11.6 Å². The summed E-state index contributed by atoms with van der Waals surface area (Å²) >= 11 is 0. The summed E-state index contributed by atoms with van der Waals surface area (Å²) in [6.45, 7) is 6.36. The van der Waals surface area contributed by atoms with Crippen molar-refractivity contribution in [2.75, 3.05) is 26.8 Å². The summed E-state index contributed by atoms with van der Waals surface area (Å²) < 4.78 is 5.79. The van der Waals surface area contributed by atoms with E-state index in [0.29, 0.717) is 25.3 Å². The molecule has 1 heterocycles. The third-order valence-corrected chi connectivity index (χ3v) is 4.64. The fourth-order valence-electron chi connectivity index (χ4n) is 3.14. The maximum atomic E-state index is 12.7. The minimum absolute atomic E-state index is 0.0891. The minimum Gasteiger partial charge on any atom is -0.493 e. The van der Waals surface area contributed by atoms with E-state index in [0.717, 1.165) is 10.9 Å². The molecular formula is C22H28N2O4. The van der Waals surface area contributed by atoms with Gasteiger partial charge in [-0.1, -0.05) is 30.4 Å². The molecule has 1 amide bonds. The topological polar surface area (TPSA) is 82.6 Å². The highest BCUT2D eigenvalue weighted by molar-refractivity contribution is 5.84. The Morgan fingerprint density at radius 2 is 2.14 bits per heavy atom. The molecule has 0 spiro atoms. The fourth-order valence-corrected chi connectivity index (χ4v) is 3.14. The van der Waals surface area contributed by atoms with Crippen LogP contribution in [0.4, 0.5) is 0 Å². The quantitative estimate of drug-likeness (QED) is 0.487. The number of allylic oxidation sites excluding steroid dienone is 1. The second-order valence-electron chi connectivity index (χ2n) is 6.64. The first-order chi connectivity index (χ1) is 13.5. The highest BCUT2D eigenvalue weighted by Crippen LogP contribution is 2.22. The Morgan fingerprint density at radius 1 is 1.39 bits per heavy atom. The van der Waals surface area contributed by atoms with Gasteiger partial charge in [-0.3, -0.25) is 9.59 Å². The van der Waals surface area contributed by atoms with Crippen LogP contribution in [0.2, 0.25) is 0 Å². The molecule has 0 radical (unpaired) electrons. The van der Waals surface area contributed by atoms with Gasteiger partial charge in [-0.25, -0.2) is 0 Å². The van der Waals surface area contributed by atoms with Gasteiger partial charge < -0.3 is 19.7 Å². The number of aromatic amines is 1. The Hall–Kier alpha value is -2.86. The van der Waals surface area contributed by atoms with Crippen molar-refractivity contribution in [1.82, 2.24) is 9.88 Å². The van der Waals surface area contributed by atoms with E-state index >= 15 is 0 Å². The zero-order valence-corrected chi connectivity index (χ0v) is 16.4. The fraction of sp³-hybridized carbons (Fsp3) is 0.364. The van der Waals surface area contributed by atoms with Gasteiger partial charge in [-0.15, -0.1) is 6.58 Å². The Kier molecular flexibility index (Phi) is 8.02. The van der Waals surface area contributed by atoms with Gasteiger partial charge in [-0.05, 0) is 25.5 Å². The molecule has 150 valence electrons. The number of carbonyl (C=O) groups is 1. The first kappa shape index (κ1) is 21.4. The highest BCUT2D eigenvalue weighted by atomic mass is 16.5. The average Bonchev–Trinajstić information content (AvgIpc) is 2.70. The van der Waals surface area contributed by atoms with E-state index in [9.17, 15) is 14.7 Å². The Balaban J connectivity index is 1.93. The summed E-state index contributed by atoms with van der Waals surface area (Å²) in [6.07, 6.45) is 5.84. The summed E-state index contributed by atoms with van der Waals surface area (Å²) in [5.41, 5.74) is 0.513. The summed E-state index contributed by atoms with van der Waals surface area (Å²) in [6, 6.07) is 8.90. The molecule has 2 rings (SSSR count). The van der Waals surface area contributed by atoms with E-state index in [1.54, 1.807) is 18.0 Å². The van der Waals surface area contributed by atoms with Crippen LogP contribution in [0.1, 0.15) is 13.3 Å². The van der Waals surface area contributed by atoms with E-state index < -0.39 is 5.92 Å². The van der Waals surface area contributed by atoms with E-state index in [1.165, 1.54) is 6.07 Å². The molecule has 1 aromatic carbocycles. The lowest BCUT2D eigenvalue weighted by Crippen LogP contribution is -2.37. The Labute approximate surface area is 165 Å². The van der Waals surface area contributed by atoms with Crippen molar-refractivity contribution in [1.29, 1.82) is 0 Å². The number of carbonyl (C=O) groups excluding carboxylic acids is 1. The number of fused-ring (bicyclic) bond motifs is 1. The Morgan fingerprint density at radius 3 is 2.82 bits per heavy atom. The number of rotatable bonds is 10. The standard InChI is InChI=1S/C22H28N2O4/c1-4-9-16(15-25)17(5-2)22(27)24(3)12-8-13-28-20-14-21(26)23-19-11-7-6-10-18(19)20/h4-7,9-11,14,16-17,25H,2,8,12-13,15H2,1,3H3,(H,23,26)/b9-4-. The smallest absolute Gasteiger partial charge is 0.252 e. The minimum atomic E-state index is -0.469. The van der Waals surface area contributed by atoms with Gasteiger partial charge >= 0.3 is 0 Å². The monoisotopic (exact) mass is 384 g/mol. The molecule has 2 atom stereocenters. The molecule has 6 nitrogen and oxygen atoms in total. The first-order valence-electron chi connectivity index (χ1n) is 9.37. The van der Waals surface area contributed by atoms with Crippen molar-refractivity contribution in [3.8, 4) is 5.75 Å². The second kappa shape index (κ2) is 10.5. The van der Waals surface area contributed by atoms with Crippen molar-refractivity contribution >= 4 is 16.8 Å². The number of benzene rings is 1. The molecule has 2 unspecified atom stereocenters. The lowest BCUT2D eigenvalue weighted by Gasteiger charge is -2.25. The van der Waals surface area contributed by atoms with E-state index in [4.69, 9.17) is 4.74 Å². The lowest BCUT2D eigenvalue weighted by molar-refractivity contribution is -0.134. The van der Waals surface area contributed by atoms with Gasteiger partial charge in [0.1, 0.15) is 5.75 Å². The highest BCUT2D eigenvalue weighted by Gasteiger charge is 2.25. The SMILES string of the molecule is C=CC(C(=O)N(C)CCCOc1cc(=O)[nH]c2ccccc12)C(/C=C\C)CO. The predicted molar refractivity (Wildman–Crippen MR) is 111 cm³/mol. The molecule has 0 aliphatic heterocycles. The third-order valence-electron chi connectivity index (χ3n) is 4.64. The van der Waals surface area contributed by atoms with Gasteiger partial charge in [0.05, 0.1) is 24.6 Å². The maximum Gasteiger partial charge on any atom is 0.252 e. The normalized spacial score (nSPS) is 13.4. The van der Waals surface area contributed by atoms with Crippen LogP contribution in [0.3, 0.4) is 0 Å². The van der Waals surface area contributed by atoms with Crippen molar-refractivity contribution in [2.24, 2.45) is 11.8 Å². The summed E-state index contributed by atoms with van der Waals surface area (Å²) in [4.78, 5) is 28.8. The van der Waals surface area contributed by atoms with Gasteiger partial charge in [0.15, 0.2) is 0 Å². The molecule has 1 aromatic heterocycles. The number of H-pyrrole nitrogens is 1. The van der Waals surface area contributed by atoms with Crippen LogP contribution in [-0.4, -0.2) is 47.7 Å². The van der Waals surface area contributed by atoms with Gasteiger partial charge in [-0.2, -0.15) is 0 Å². The number of hydrogen-bond donors (Lipinski definition) is 2. The number of aromatic nitrogens is 1. The Bertz CT molecular complexity index is 887. The van der Waals surface area contributed by atoms with Crippen molar-refractivity contribution in [2.45, 2.75) is 13.3 Å². The number of aliphatic hydroxyl groups excluding tert-OH is 1. The zero-order valence-electron chi connectivity index (χ0n) is 16.4. The van der Waals surface area contributed by atoms with Crippen LogP contribution in [-0.2, 0) is 4.79 Å². The molecule has 6 heteroatoms. The van der Waals surface area contributed by atoms with Crippen molar-refractivity contribution < 1.29 is 14.6 Å². The number of para-hydroxylation sites is 1. The summed E-state index contributed by atoms with van der Waals surface area (Å²) in [5.74, 6) is -0.306. The number of pyridine rings is 1. The molecule has 0 bridgehead atoms. The van der Waals surface area contributed by atoms with Gasteiger partial charge in [0.25, 0.3) is 5.56 Å². The van der Waals surface area contributed by atoms with Gasteiger partial charge in [0.2, 0.25) is 5.91 Å². The van der Waals surface area contributed by atoms with Gasteiger partial charge in [0, 0.05) is 31.0 Å². The van der Waals surface area contributed by atoms with Crippen LogP contribution < -0.4 is 10.3 Å².